The number of rotatable bonds is 3. The van der Waals surface area contributed by atoms with Gasteiger partial charge in [0.15, 0.2) is 0 Å². The van der Waals surface area contributed by atoms with Gasteiger partial charge in [0.05, 0.1) is 0 Å². The Labute approximate surface area is 155 Å². The van der Waals surface area contributed by atoms with Crippen molar-refractivity contribution in [1.82, 2.24) is 0 Å². The van der Waals surface area contributed by atoms with E-state index in [1.54, 1.807) is 0 Å². The summed E-state index contributed by atoms with van der Waals surface area (Å²) in [5, 5.41) is 2.37. The summed E-state index contributed by atoms with van der Waals surface area (Å²) in [4.78, 5) is 0. The van der Waals surface area contributed by atoms with Crippen molar-refractivity contribution in [1.29, 1.82) is 0 Å². The van der Waals surface area contributed by atoms with E-state index in [9.17, 15) is 0 Å². The maximum Gasteiger partial charge on any atom is 0.136 e. The molecule has 0 bridgehead atoms. The number of benzene rings is 3. The predicted octanol–water partition coefficient (Wildman–Crippen LogP) is 7.81. The van der Waals surface area contributed by atoms with Crippen molar-refractivity contribution in [3.05, 3.63) is 71.3 Å². The molecule has 132 valence electrons. The van der Waals surface area contributed by atoms with Gasteiger partial charge in [0, 0.05) is 10.8 Å². The van der Waals surface area contributed by atoms with Gasteiger partial charge in [-0.05, 0) is 64.8 Å². The fourth-order valence-electron chi connectivity index (χ4n) is 4.03. The number of fused-ring (bicyclic) bond motifs is 3. The average Bonchev–Trinajstić information content (AvgIpc) is 2.99. The maximum atomic E-state index is 6.09. The molecule has 1 aromatic heterocycles. The third kappa shape index (κ3) is 2.72. The highest BCUT2D eigenvalue weighted by Gasteiger charge is 2.14. The van der Waals surface area contributed by atoms with Gasteiger partial charge in [0.25, 0.3) is 0 Å². The lowest BCUT2D eigenvalue weighted by Crippen LogP contribution is -2.00. The zero-order valence-electron chi connectivity index (χ0n) is 16.3. The number of para-hydroxylation sites is 1. The van der Waals surface area contributed by atoms with Gasteiger partial charge in [-0.25, -0.2) is 0 Å². The van der Waals surface area contributed by atoms with Gasteiger partial charge >= 0.3 is 0 Å². The Bertz CT molecular complexity index is 1070. The minimum absolute atomic E-state index is 0.516. The van der Waals surface area contributed by atoms with Crippen molar-refractivity contribution in [2.24, 2.45) is 0 Å². The first-order valence-corrected chi connectivity index (χ1v) is 9.52. The molecule has 0 spiro atoms. The van der Waals surface area contributed by atoms with Crippen LogP contribution in [0, 0.1) is 6.92 Å². The second kappa shape index (κ2) is 6.32. The van der Waals surface area contributed by atoms with Crippen molar-refractivity contribution in [3.8, 4) is 11.1 Å². The fraction of sp³-hybridized carbons (Fsp3) is 0.280. The topological polar surface area (TPSA) is 13.1 Å². The molecule has 0 unspecified atom stereocenters. The van der Waals surface area contributed by atoms with Gasteiger partial charge < -0.3 is 4.42 Å². The highest BCUT2D eigenvalue weighted by atomic mass is 16.3. The normalized spacial score (nSPS) is 12.0. The van der Waals surface area contributed by atoms with Crippen LogP contribution in [-0.4, -0.2) is 0 Å². The smallest absolute Gasteiger partial charge is 0.136 e. The molecule has 0 N–H and O–H groups in total. The molecule has 1 heterocycles. The molecule has 1 nitrogen and oxygen atoms in total. The van der Waals surface area contributed by atoms with Crippen molar-refractivity contribution < 1.29 is 4.42 Å². The summed E-state index contributed by atoms with van der Waals surface area (Å²) in [5.74, 6) is 1.03. The van der Waals surface area contributed by atoms with Crippen LogP contribution in [0.25, 0.3) is 33.1 Å². The van der Waals surface area contributed by atoms with E-state index in [0.717, 1.165) is 11.2 Å². The van der Waals surface area contributed by atoms with E-state index in [1.165, 1.54) is 38.6 Å². The largest absolute Gasteiger partial charge is 0.456 e. The molecule has 0 radical (unpaired) electrons. The minimum Gasteiger partial charge on any atom is -0.456 e. The number of hydrogen-bond acceptors (Lipinski definition) is 1. The van der Waals surface area contributed by atoms with Gasteiger partial charge in [0.1, 0.15) is 11.2 Å². The van der Waals surface area contributed by atoms with Crippen LogP contribution in [0.3, 0.4) is 0 Å². The summed E-state index contributed by atoms with van der Waals surface area (Å²) in [7, 11) is 0. The monoisotopic (exact) mass is 342 g/mol. The Balaban J connectivity index is 1.93. The standard InChI is InChI=1S/C25H26O/c1-15(2)22-12-19(13-23(16(3)4)17(22)5)18-10-11-21-20-8-6-7-9-24(20)26-25(21)14-18/h6-16H,1-5H3. The molecule has 0 aliphatic carbocycles. The summed E-state index contributed by atoms with van der Waals surface area (Å²) >= 11 is 0. The molecule has 0 saturated carbocycles. The van der Waals surface area contributed by atoms with Gasteiger partial charge in [-0.15, -0.1) is 0 Å². The maximum absolute atomic E-state index is 6.09. The Morgan fingerprint density at radius 3 is 1.92 bits per heavy atom. The van der Waals surface area contributed by atoms with E-state index in [0.29, 0.717) is 11.8 Å². The minimum atomic E-state index is 0.516. The molecule has 0 aliphatic heterocycles. The first-order valence-electron chi connectivity index (χ1n) is 9.52. The van der Waals surface area contributed by atoms with Crippen LogP contribution in [0.15, 0.2) is 59.0 Å². The summed E-state index contributed by atoms with van der Waals surface area (Å²) < 4.78 is 6.09. The molecular formula is C25H26O. The van der Waals surface area contributed by atoms with Crippen molar-refractivity contribution in [2.45, 2.75) is 46.5 Å². The summed E-state index contributed by atoms with van der Waals surface area (Å²) in [6.45, 7) is 11.4. The number of hydrogen-bond donors (Lipinski definition) is 0. The molecule has 1 heteroatoms. The molecule has 0 aliphatic rings. The van der Waals surface area contributed by atoms with Crippen LogP contribution < -0.4 is 0 Å². The molecule has 0 fully saturated rings. The van der Waals surface area contributed by atoms with Crippen molar-refractivity contribution >= 4 is 21.9 Å². The Kier molecular flexibility index (Phi) is 4.11. The first kappa shape index (κ1) is 16.9. The van der Waals surface area contributed by atoms with Gasteiger partial charge in [-0.2, -0.15) is 0 Å². The van der Waals surface area contributed by atoms with Crippen LogP contribution in [0.1, 0.15) is 56.2 Å². The van der Waals surface area contributed by atoms with E-state index >= 15 is 0 Å². The predicted molar refractivity (Wildman–Crippen MR) is 112 cm³/mol. The van der Waals surface area contributed by atoms with Crippen LogP contribution in [0.4, 0.5) is 0 Å². The summed E-state index contributed by atoms with van der Waals surface area (Å²) in [6.07, 6.45) is 0. The van der Waals surface area contributed by atoms with E-state index < -0.39 is 0 Å². The van der Waals surface area contributed by atoms with Crippen LogP contribution in [0.5, 0.6) is 0 Å². The van der Waals surface area contributed by atoms with Gasteiger partial charge in [0.2, 0.25) is 0 Å². The number of furan rings is 1. The molecule has 4 aromatic rings. The van der Waals surface area contributed by atoms with Crippen LogP contribution in [0.2, 0.25) is 0 Å². The van der Waals surface area contributed by atoms with Crippen molar-refractivity contribution in [2.75, 3.05) is 0 Å². The average molecular weight is 342 g/mol. The van der Waals surface area contributed by atoms with Crippen molar-refractivity contribution in [3.63, 3.8) is 0 Å². The third-order valence-electron chi connectivity index (χ3n) is 5.44. The van der Waals surface area contributed by atoms with Crippen LogP contribution >= 0.6 is 0 Å². The molecule has 4 rings (SSSR count). The second-order valence-electron chi connectivity index (χ2n) is 7.90. The lowest BCUT2D eigenvalue weighted by atomic mass is 9.86. The second-order valence-corrected chi connectivity index (χ2v) is 7.90. The Morgan fingerprint density at radius 2 is 1.27 bits per heavy atom. The zero-order chi connectivity index (χ0) is 18.4. The molecule has 3 aromatic carbocycles. The SMILES string of the molecule is Cc1c(C(C)C)cc(-c2ccc3c(c2)oc2ccccc23)cc1C(C)C. The first-order chi connectivity index (χ1) is 12.5. The van der Waals surface area contributed by atoms with E-state index in [1.807, 2.05) is 12.1 Å². The fourth-order valence-corrected chi connectivity index (χ4v) is 4.03. The molecule has 26 heavy (non-hydrogen) atoms. The highest BCUT2D eigenvalue weighted by Crippen LogP contribution is 2.36. The van der Waals surface area contributed by atoms with E-state index in [4.69, 9.17) is 4.42 Å². The summed E-state index contributed by atoms with van der Waals surface area (Å²) in [5.41, 5.74) is 8.73. The zero-order valence-corrected chi connectivity index (χ0v) is 16.3. The van der Waals surface area contributed by atoms with Crippen LogP contribution in [-0.2, 0) is 0 Å². The molecular weight excluding hydrogens is 316 g/mol. The molecule has 0 atom stereocenters. The molecule has 0 amide bonds. The van der Waals surface area contributed by atoms with Gasteiger partial charge in [-0.1, -0.05) is 64.1 Å². The summed E-state index contributed by atoms with van der Waals surface area (Å²) in [6, 6.07) is 19.6. The molecule has 0 saturated heterocycles. The van der Waals surface area contributed by atoms with E-state index in [-0.39, 0.29) is 0 Å². The lowest BCUT2D eigenvalue weighted by molar-refractivity contribution is 0.669. The Morgan fingerprint density at radius 1 is 0.654 bits per heavy atom. The Hall–Kier alpha value is -2.54. The highest BCUT2D eigenvalue weighted by molar-refractivity contribution is 6.05. The van der Waals surface area contributed by atoms with E-state index in [2.05, 4.69) is 77.1 Å². The lowest BCUT2D eigenvalue weighted by Gasteiger charge is -2.19. The van der Waals surface area contributed by atoms with Gasteiger partial charge in [-0.3, -0.25) is 0 Å². The quantitative estimate of drug-likeness (QED) is 0.370. The third-order valence-corrected chi connectivity index (χ3v) is 5.44.